The summed E-state index contributed by atoms with van der Waals surface area (Å²) in [5.74, 6) is -0.647. The van der Waals surface area contributed by atoms with Gasteiger partial charge in [0.2, 0.25) is 0 Å². The van der Waals surface area contributed by atoms with Gasteiger partial charge in [-0.25, -0.2) is 4.79 Å². The standard InChI is InChI=1S/C28H30F3N3O3/c1-20-24(27(37-26(20)36)10-12-32(13-11-27)19-21-6-3-2-4-7-21)25(35)34-16-14-33(15-17-34)23-9-5-8-22(18-23)28(29,30)31/h2-9,18H,10-17,19H2,1H3. The zero-order chi connectivity index (χ0) is 26.2. The van der Waals surface area contributed by atoms with Gasteiger partial charge in [-0.05, 0) is 30.7 Å². The van der Waals surface area contributed by atoms with E-state index in [1.807, 2.05) is 23.1 Å². The minimum Gasteiger partial charge on any atom is -0.450 e. The van der Waals surface area contributed by atoms with Crippen molar-refractivity contribution < 1.29 is 27.5 Å². The van der Waals surface area contributed by atoms with Gasteiger partial charge in [0.15, 0.2) is 0 Å². The van der Waals surface area contributed by atoms with Crippen molar-refractivity contribution in [2.24, 2.45) is 0 Å². The van der Waals surface area contributed by atoms with E-state index in [-0.39, 0.29) is 5.91 Å². The van der Waals surface area contributed by atoms with Crippen molar-refractivity contribution in [3.05, 3.63) is 76.9 Å². The first kappa shape index (κ1) is 25.3. The fourth-order valence-corrected chi connectivity index (χ4v) is 5.57. The SMILES string of the molecule is CC1=C(C(=O)N2CCN(c3cccc(C(F)(F)F)c3)CC2)C2(CCN(Cc3ccccc3)CC2)OC1=O. The average molecular weight is 514 g/mol. The van der Waals surface area contributed by atoms with Crippen LogP contribution in [-0.4, -0.2) is 66.5 Å². The molecule has 0 aromatic heterocycles. The lowest BCUT2D eigenvalue weighted by molar-refractivity contribution is -0.151. The molecule has 2 saturated heterocycles. The molecule has 2 aromatic rings. The molecule has 1 spiro atoms. The van der Waals surface area contributed by atoms with Crippen molar-refractivity contribution in [3.8, 4) is 0 Å². The molecule has 0 saturated carbocycles. The summed E-state index contributed by atoms with van der Waals surface area (Å²) >= 11 is 0. The molecular weight excluding hydrogens is 483 g/mol. The lowest BCUT2D eigenvalue weighted by atomic mass is 9.82. The van der Waals surface area contributed by atoms with Gasteiger partial charge in [0.25, 0.3) is 5.91 Å². The third-order valence-corrected chi connectivity index (χ3v) is 7.66. The highest BCUT2D eigenvalue weighted by molar-refractivity contribution is 6.07. The zero-order valence-corrected chi connectivity index (χ0v) is 20.8. The van der Waals surface area contributed by atoms with E-state index in [0.29, 0.717) is 68.9 Å². The van der Waals surface area contributed by atoms with Crippen molar-refractivity contribution in [1.82, 2.24) is 9.80 Å². The lowest BCUT2D eigenvalue weighted by Crippen LogP contribution is -2.53. The number of carbonyl (C=O) groups is 2. The van der Waals surface area contributed by atoms with Crippen molar-refractivity contribution in [2.75, 3.05) is 44.2 Å². The highest BCUT2D eigenvalue weighted by Gasteiger charge is 2.51. The Labute approximate surface area is 214 Å². The summed E-state index contributed by atoms with van der Waals surface area (Å²) in [5, 5.41) is 0. The summed E-state index contributed by atoms with van der Waals surface area (Å²) in [6.07, 6.45) is -3.31. The van der Waals surface area contributed by atoms with Gasteiger partial charge in [0, 0.05) is 69.9 Å². The van der Waals surface area contributed by atoms with E-state index in [1.54, 1.807) is 17.9 Å². The maximum Gasteiger partial charge on any atom is 0.416 e. The third kappa shape index (κ3) is 5.09. The monoisotopic (exact) mass is 513 g/mol. The first-order valence-electron chi connectivity index (χ1n) is 12.6. The number of esters is 1. The number of likely N-dealkylation sites (tertiary alicyclic amines) is 1. The minimum absolute atomic E-state index is 0.205. The van der Waals surface area contributed by atoms with Gasteiger partial charge in [-0.2, -0.15) is 13.2 Å². The Hall–Kier alpha value is -3.33. The van der Waals surface area contributed by atoms with Crippen LogP contribution in [0.15, 0.2) is 65.7 Å². The Morgan fingerprint density at radius 1 is 0.946 bits per heavy atom. The number of hydrogen-bond donors (Lipinski definition) is 0. The summed E-state index contributed by atoms with van der Waals surface area (Å²) in [5.41, 5.74) is 0.906. The van der Waals surface area contributed by atoms with E-state index >= 15 is 0 Å². The molecule has 0 atom stereocenters. The Morgan fingerprint density at radius 3 is 2.27 bits per heavy atom. The number of carbonyl (C=O) groups excluding carboxylic acids is 2. The Kier molecular flexibility index (Phi) is 6.74. The quantitative estimate of drug-likeness (QED) is 0.572. The first-order valence-corrected chi connectivity index (χ1v) is 12.6. The number of nitrogens with zero attached hydrogens (tertiary/aromatic N) is 3. The van der Waals surface area contributed by atoms with Crippen molar-refractivity contribution in [1.29, 1.82) is 0 Å². The fourth-order valence-electron chi connectivity index (χ4n) is 5.57. The van der Waals surface area contributed by atoms with Crippen LogP contribution in [0.3, 0.4) is 0 Å². The van der Waals surface area contributed by atoms with Crippen LogP contribution >= 0.6 is 0 Å². The molecule has 3 aliphatic heterocycles. The molecule has 1 amide bonds. The number of ether oxygens (including phenoxy) is 1. The van der Waals surface area contributed by atoms with Gasteiger partial charge in [-0.1, -0.05) is 36.4 Å². The third-order valence-electron chi connectivity index (χ3n) is 7.66. The second-order valence-electron chi connectivity index (χ2n) is 9.97. The molecule has 0 radical (unpaired) electrons. The number of piperazine rings is 1. The normalized spacial score (nSPS) is 20.5. The van der Waals surface area contributed by atoms with Crippen LogP contribution in [0.1, 0.15) is 30.9 Å². The second kappa shape index (κ2) is 9.85. The molecule has 3 heterocycles. The van der Waals surface area contributed by atoms with Crippen LogP contribution in [0, 0.1) is 0 Å². The number of benzene rings is 2. The summed E-state index contributed by atoms with van der Waals surface area (Å²) in [4.78, 5) is 32.1. The maximum atomic E-state index is 13.7. The number of rotatable bonds is 4. The van der Waals surface area contributed by atoms with Crippen LogP contribution in [-0.2, 0) is 27.0 Å². The number of amides is 1. The van der Waals surface area contributed by atoms with Crippen LogP contribution in [0.4, 0.5) is 18.9 Å². The molecule has 2 fully saturated rings. The summed E-state index contributed by atoms with van der Waals surface area (Å²) in [6, 6.07) is 15.4. The molecule has 5 rings (SSSR count). The smallest absolute Gasteiger partial charge is 0.416 e. The Morgan fingerprint density at radius 2 is 1.62 bits per heavy atom. The van der Waals surface area contributed by atoms with E-state index in [0.717, 1.165) is 18.7 Å². The highest BCUT2D eigenvalue weighted by Crippen LogP contribution is 2.42. The van der Waals surface area contributed by atoms with Gasteiger partial charge in [0.1, 0.15) is 5.60 Å². The fraction of sp³-hybridized carbons (Fsp3) is 0.429. The number of piperidine rings is 1. The van der Waals surface area contributed by atoms with Gasteiger partial charge in [0.05, 0.1) is 11.1 Å². The lowest BCUT2D eigenvalue weighted by Gasteiger charge is -2.42. The molecule has 196 valence electrons. The van der Waals surface area contributed by atoms with Crippen LogP contribution in [0.25, 0.3) is 0 Å². The van der Waals surface area contributed by atoms with Gasteiger partial charge < -0.3 is 14.5 Å². The Balaban J connectivity index is 1.25. The highest BCUT2D eigenvalue weighted by atomic mass is 19.4. The second-order valence-corrected chi connectivity index (χ2v) is 9.97. The molecule has 2 aromatic carbocycles. The van der Waals surface area contributed by atoms with Crippen LogP contribution in [0.2, 0.25) is 0 Å². The molecule has 0 aliphatic carbocycles. The minimum atomic E-state index is -4.40. The van der Waals surface area contributed by atoms with Gasteiger partial charge in [-0.3, -0.25) is 9.69 Å². The van der Waals surface area contributed by atoms with Crippen molar-refractivity contribution >= 4 is 17.6 Å². The van der Waals surface area contributed by atoms with E-state index in [9.17, 15) is 22.8 Å². The summed E-state index contributed by atoms with van der Waals surface area (Å²) in [6.45, 7) is 5.39. The summed E-state index contributed by atoms with van der Waals surface area (Å²) in [7, 11) is 0. The topological polar surface area (TPSA) is 53.1 Å². The molecule has 0 N–H and O–H groups in total. The largest absolute Gasteiger partial charge is 0.450 e. The molecule has 0 unspecified atom stereocenters. The number of alkyl halides is 3. The predicted octanol–water partition coefficient (Wildman–Crippen LogP) is 4.26. The molecule has 0 bridgehead atoms. The average Bonchev–Trinajstić information content (AvgIpc) is 3.14. The Bertz CT molecular complexity index is 1200. The van der Waals surface area contributed by atoms with Gasteiger partial charge in [-0.15, -0.1) is 0 Å². The van der Waals surface area contributed by atoms with Crippen molar-refractivity contribution in [3.63, 3.8) is 0 Å². The number of halogens is 3. The zero-order valence-electron chi connectivity index (χ0n) is 20.8. The predicted molar refractivity (Wildman–Crippen MR) is 133 cm³/mol. The van der Waals surface area contributed by atoms with Crippen LogP contribution in [0.5, 0.6) is 0 Å². The van der Waals surface area contributed by atoms with E-state index < -0.39 is 23.3 Å². The first-order chi connectivity index (χ1) is 17.7. The van der Waals surface area contributed by atoms with Crippen LogP contribution < -0.4 is 4.90 Å². The van der Waals surface area contributed by atoms with Crippen molar-refractivity contribution in [2.45, 2.75) is 38.1 Å². The number of hydrogen-bond acceptors (Lipinski definition) is 5. The molecular formula is C28H30F3N3O3. The van der Waals surface area contributed by atoms with E-state index in [4.69, 9.17) is 4.74 Å². The number of anilines is 1. The van der Waals surface area contributed by atoms with E-state index in [2.05, 4.69) is 17.0 Å². The van der Waals surface area contributed by atoms with Gasteiger partial charge >= 0.3 is 12.1 Å². The molecule has 6 nitrogen and oxygen atoms in total. The molecule has 9 heteroatoms. The molecule has 37 heavy (non-hydrogen) atoms. The van der Waals surface area contributed by atoms with E-state index in [1.165, 1.54) is 11.6 Å². The summed E-state index contributed by atoms with van der Waals surface area (Å²) < 4.78 is 45.3. The maximum absolute atomic E-state index is 13.7. The molecule has 3 aliphatic rings.